The van der Waals surface area contributed by atoms with Gasteiger partial charge in [0, 0.05) is 6.61 Å². The van der Waals surface area contributed by atoms with Crippen molar-refractivity contribution >= 4 is 5.78 Å². The molecule has 0 aliphatic rings. The second kappa shape index (κ2) is 6.90. The van der Waals surface area contributed by atoms with Crippen molar-refractivity contribution in [2.24, 2.45) is 0 Å². The fraction of sp³-hybridized carbons (Fsp3) is 0.583. The van der Waals surface area contributed by atoms with Crippen LogP contribution in [0.1, 0.15) is 30.8 Å². The van der Waals surface area contributed by atoms with E-state index in [-0.39, 0.29) is 17.4 Å². The molecule has 0 saturated heterocycles. The van der Waals surface area contributed by atoms with E-state index in [9.17, 15) is 4.79 Å². The molecule has 1 atom stereocenters. The van der Waals surface area contributed by atoms with Crippen LogP contribution in [0.5, 0.6) is 11.8 Å². The van der Waals surface area contributed by atoms with Crippen molar-refractivity contribution in [1.29, 1.82) is 0 Å². The van der Waals surface area contributed by atoms with E-state index in [0.717, 1.165) is 0 Å². The predicted molar refractivity (Wildman–Crippen MR) is 65.2 cm³/mol. The lowest BCUT2D eigenvalue weighted by atomic mass is 10.1. The van der Waals surface area contributed by atoms with Crippen LogP contribution in [-0.4, -0.2) is 42.7 Å². The number of aromatic nitrogens is 2. The molecule has 0 radical (unpaired) electrons. The molecule has 1 aromatic heterocycles. The lowest BCUT2D eigenvalue weighted by molar-refractivity contribution is 0.0435. The zero-order valence-corrected chi connectivity index (χ0v) is 11.1. The molecule has 100 valence electrons. The van der Waals surface area contributed by atoms with Gasteiger partial charge in [-0.15, -0.1) is 0 Å². The molecule has 18 heavy (non-hydrogen) atoms. The Morgan fingerprint density at radius 1 is 1.33 bits per heavy atom. The fourth-order valence-corrected chi connectivity index (χ4v) is 1.50. The number of hydrogen-bond acceptors (Lipinski definition) is 6. The van der Waals surface area contributed by atoms with Crippen LogP contribution < -0.4 is 9.47 Å². The maximum absolute atomic E-state index is 12.2. The van der Waals surface area contributed by atoms with Gasteiger partial charge in [0.05, 0.1) is 20.4 Å². The highest BCUT2D eigenvalue weighted by Gasteiger charge is 2.24. The van der Waals surface area contributed by atoms with Crippen molar-refractivity contribution in [3.63, 3.8) is 0 Å². The summed E-state index contributed by atoms with van der Waals surface area (Å²) in [7, 11) is 2.90. The molecule has 6 nitrogen and oxygen atoms in total. The minimum absolute atomic E-state index is 0.150. The van der Waals surface area contributed by atoms with Crippen molar-refractivity contribution in [3.05, 3.63) is 11.9 Å². The van der Waals surface area contributed by atoms with Gasteiger partial charge in [-0.05, 0) is 13.3 Å². The van der Waals surface area contributed by atoms with E-state index in [1.54, 1.807) is 0 Å². The molecule has 0 aliphatic heterocycles. The van der Waals surface area contributed by atoms with Crippen LogP contribution in [0.25, 0.3) is 0 Å². The summed E-state index contributed by atoms with van der Waals surface area (Å²) in [4.78, 5) is 20.3. The second-order valence-electron chi connectivity index (χ2n) is 3.49. The topological polar surface area (TPSA) is 70.5 Å². The average Bonchev–Trinajstić information content (AvgIpc) is 2.43. The van der Waals surface area contributed by atoms with Crippen LogP contribution in [-0.2, 0) is 4.74 Å². The Hall–Kier alpha value is -1.69. The van der Waals surface area contributed by atoms with Gasteiger partial charge in [0.1, 0.15) is 6.10 Å². The van der Waals surface area contributed by atoms with Crippen molar-refractivity contribution in [2.75, 3.05) is 20.8 Å². The van der Waals surface area contributed by atoms with Gasteiger partial charge in [0.15, 0.2) is 5.69 Å². The number of carbonyl (C=O) groups is 1. The summed E-state index contributed by atoms with van der Waals surface area (Å²) in [6.45, 7) is 4.19. The second-order valence-corrected chi connectivity index (χ2v) is 3.49. The smallest absolute Gasteiger partial charge is 0.246 e. The van der Waals surface area contributed by atoms with E-state index >= 15 is 0 Å². The molecule has 1 rings (SSSR count). The lowest BCUT2D eigenvalue weighted by Crippen LogP contribution is -2.25. The normalized spacial score (nSPS) is 12.0. The first-order chi connectivity index (χ1) is 8.67. The lowest BCUT2D eigenvalue weighted by Gasteiger charge is -2.14. The molecule has 0 N–H and O–H groups in total. The van der Waals surface area contributed by atoms with Crippen LogP contribution >= 0.6 is 0 Å². The van der Waals surface area contributed by atoms with Gasteiger partial charge < -0.3 is 14.2 Å². The molecule has 0 fully saturated rings. The van der Waals surface area contributed by atoms with Gasteiger partial charge in [0.2, 0.25) is 17.5 Å². The number of carbonyl (C=O) groups excluding carboxylic acids is 1. The monoisotopic (exact) mass is 254 g/mol. The summed E-state index contributed by atoms with van der Waals surface area (Å²) < 4.78 is 15.3. The first-order valence-corrected chi connectivity index (χ1v) is 5.78. The van der Waals surface area contributed by atoms with Crippen LogP contribution in [0.4, 0.5) is 0 Å². The molecule has 1 heterocycles. The Labute approximate surface area is 106 Å². The van der Waals surface area contributed by atoms with Crippen molar-refractivity contribution in [2.45, 2.75) is 26.4 Å². The first-order valence-electron chi connectivity index (χ1n) is 5.78. The number of ether oxygens (including phenoxy) is 3. The van der Waals surface area contributed by atoms with Crippen LogP contribution in [0.15, 0.2) is 6.20 Å². The zero-order valence-electron chi connectivity index (χ0n) is 11.1. The first kappa shape index (κ1) is 14.4. The van der Waals surface area contributed by atoms with Gasteiger partial charge in [-0.2, -0.15) is 4.98 Å². The molecule has 0 amide bonds. The third-order valence-corrected chi connectivity index (χ3v) is 2.39. The highest BCUT2D eigenvalue weighted by Crippen LogP contribution is 2.19. The van der Waals surface area contributed by atoms with Crippen molar-refractivity contribution in [3.8, 4) is 11.8 Å². The van der Waals surface area contributed by atoms with E-state index in [1.807, 2.05) is 13.8 Å². The molecule has 1 unspecified atom stereocenters. The standard InChI is InChI=1S/C12H18N2O4/c1-5-8(18-6-2)11(15)10-12(17-4)14-9(16-3)7-13-10/h7-8H,5-6H2,1-4H3. The van der Waals surface area contributed by atoms with Gasteiger partial charge in [-0.25, -0.2) is 4.98 Å². The largest absolute Gasteiger partial charge is 0.480 e. The molecule has 0 aromatic carbocycles. The molecule has 1 aromatic rings. The number of Topliss-reactive ketones (excluding diaryl/α,β-unsaturated/α-hetero) is 1. The van der Waals surface area contributed by atoms with Crippen molar-refractivity contribution in [1.82, 2.24) is 9.97 Å². The maximum Gasteiger partial charge on any atom is 0.246 e. The summed E-state index contributed by atoms with van der Waals surface area (Å²) in [6.07, 6.45) is 1.43. The molecular weight excluding hydrogens is 236 g/mol. The Kier molecular flexibility index (Phi) is 5.51. The van der Waals surface area contributed by atoms with Crippen LogP contribution in [0, 0.1) is 0 Å². The van der Waals surface area contributed by atoms with Gasteiger partial charge in [0.25, 0.3) is 0 Å². The Balaban J connectivity index is 3.03. The highest BCUT2D eigenvalue weighted by molar-refractivity contribution is 5.99. The van der Waals surface area contributed by atoms with Crippen LogP contribution in [0.3, 0.4) is 0 Å². The maximum atomic E-state index is 12.2. The SMILES string of the molecule is CCOC(CC)C(=O)c1ncc(OC)nc1OC. The summed E-state index contributed by atoms with van der Waals surface area (Å²) in [5.74, 6) is 0.219. The molecule has 0 saturated carbocycles. The minimum Gasteiger partial charge on any atom is -0.480 e. The summed E-state index contributed by atoms with van der Waals surface area (Å²) in [5, 5.41) is 0. The number of nitrogens with zero attached hydrogens (tertiary/aromatic N) is 2. The van der Waals surface area contributed by atoms with E-state index in [0.29, 0.717) is 18.9 Å². The molecule has 0 aliphatic carbocycles. The number of rotatable bonds is 7. The Morgan fingerprint density at radius 2 is 2.06 bits per heavy atom. The fourth-order valence-electron chi connectivity index (χ4n) is 1.50. The van der Waals surface area contributed by atoms with E-state index < -0.39 is 6.10 Å². The molecular formula is C12H18N2O4. The van der Waals surface area contributed by atoms with E-state index in [1.165, 1.54) is 20.4 Å². The number of methoxy groups -OCH3 is 2. The van der Waals surface area contributed by atoms with Crippen LogP contribution in [0.2, 0.25) is 0 Å². The number of ketones is 1. The number of hydrogen-bond donors (Lipinski definition) is 0. The third-order valence-electron chi connectivity index (χ3n) is 2.39. The van der Waals surface area contributed by atoms with E-state index in [2.05, 4.69) is 9.97 Å². The van der Waals surface area contributed by atoms with Crippen molar-refractivity contribution < 1.29 is 19.0 Å². The molecule has 6 heteroatoms. The quantitative estimate of drug-likeness (QED) is 0.686. The Morgan fingerprint density at radius 3 is 2.56 bits per heavy atom. The Bertz CT molecular complexity index is 409. The average molecular weight is 254 g/mol. The highest BCUT2D eigenvalue weighted by atomic mass is 16.5. The summed E-state index contributed by atoms with van der Waals surface area (Å²) in [5.41, 5.74) is 0.165. The predicted octanol–water partition coefficient (Wildman–Crippen LogP) is 1.49. The summed E-state index contributed by atoms with van der Waals surface area (Å²) in [6, 6.07) is 0. The van der Waals surface area contributed by atoms with Gasteiger partial charge in [-0.3, -0.25) is 4.79 Å². The van der Waals surface area contributed by atoms with Gasteiger partial charge >= 0.3 is 0 Å². The minimum atomic E-state index is -0.522. The zero-order chi connectivity index (χ0) is 13.5. The molecule has 0 bridgehead atoms. The van der Waals surface area contributed by atoms with Gasteiger partial charge in [-0.1, -0.05) is 6.92 Å². The summed E-state index contributed by atoms with van der Waals surface area (Å²) >= 11 is 0. The third kappa shape index (κ3) is 3.16. The van der Waals surface area contributed by atoms with E-state index in [4.69, 9.17) is 14.2 Å². The molecule has 0 spiro atoms.